The summed E-state index contributed by atoms with van der Waals surface area (Å²) in [5, 5.41) is 14.7. The number of benzene rings is 1. The van der Waals surface area contributed by atoms with Crippen LogP contribution in [0.4, 0.5) is 5.13 Å². The molecule has 7 nitrogen and oxygen atoms in total. The first kappa shape index (κ1) is 21.8. The van der Waals surface area contributed by atoms with E-state index in [1.54, 1.807) is 0 Å². The number of carbonyl (C=O) groups is 1. The van der Waals surface area contributed by atoms with Crippen molar-refractivity contribution in [3.8, 4) is 11.1 Å². The lowest BCUT2D eigenvalue weighted by atomic mass is 10.1. The average molecular weight is 518 g/mol. The molecule has 0 aliphatic rings. The Morgan fingerprint density at radius 2 is 1.97 bits per heavy atom. The normalized spacial score (nSPS) is 12.4. The molecule has 0 spiro atoms. The maximum absolute atomic E-state index is 13.4. The first-order valence-electron chi connectivity index (χ1n) is 9.77. The van der Waals surface area contributed by atoms with Gasteiger partial charge in [-0.05, 0) is 24.1 Å². The zero-order valence-corrected chi connectivity index (χ0v) is 20.3. The summed E-state index contributed by atoms with van der Waals surface area (Å²) >= 11 is 6.20. The zero-order valence-electron chi connectivity index (χ0n) is 17.1. The number of hydrogen-bond acceptors (Lipinski definition) is 7. The standard InChI is InChI=1S/C21H20BrN5O2S2/c1-4-15(17(28)24-21-26-25-18(31-21)11(2)3)27-10-23-19-16(20(27)29)14(9-30-19)12-5-7-13(22)8-6-12/h5-11,15H,4H2,1-3H3,(H,24,26,28). The maximum Gasteiger partial charge on any atom is 0.263 e. The summed E-state index contributed by atoms with van der Waals surface area (Å²) in [6.07, 6.45) is 1.90. The second-order valence-corrected chi connectivity index (χ2v) is 10.1. The number of thiophene rings is 1. The molecule has 10 heteroatoms. The van der Waals surface area contributed by atoms with Gasteiger partial charge >= 0.3 is 0 Å². The van der Waals surface area contributed by atoms with Gasteiger partial charge < -0.3 is 0 Å². The number of halogens is 1. The fourth-order valence-corrected chi connectivity index (χ4v) is 5.14. The van der Waals surface area contributed by atoms with Crippen molar-refractivity contribution in [2.45, 2.75) is 39.2 Å². The predicted molar refractivity (Wildman–Crippen MR) is 129 cm³/mol. The van der Waals surface area contributed by atoms with Gasteiger partial charge in [0.15, 0.2) is 0 Å². The van der Waals surface area contributed by atoms with Gasteiger partial charge in [0, 0.05) is 21.3 Å². The van der Waals surface area contributed by atoms with Crippen LogP contribution in [0.5, 0.6) is 0 Å². The quantitative estimate of drug-likeness (QED) is 0.367. The molecule has 0 aliphatic carbocycles. The lowest BCUT2D eigenvalue weighted by Gasteiger charge is -2.16. The van der Waals surface area contributed by atoms with Gasteiger partial charge in [0.1, 0.15) is 15.9 Å². The summed E-state index contributed by atoms with van der Waals surface area (Å²) < 4.78 is 2.38. The molecule has 0 bridgehead atoms. The van der Waals surface area contributed by atoms with Crippen molar-refractivity contribution in [2.24, 2.45) is 0 Å². The van der Waals surface area contributed by atoms with E-state index in [1.165, 1.54) is 33.6 Å². The van der Waals surface area contributed by atoms with Gasteiger partial charge in [0.05, 0.1) is 11.7 Å². The molecule has 1 aromatic carbocycles. The molecule has 0 fully saturated rings. The molecule has 1 atom stereocenters. The summed E-state index contributed by atoms with van der Waals surface area (Å²) in [5.41, 5.74) is 1.52. The molecule has 0 saturated carbocycles. The summed E-state index contributed by atoms with van der Waals surface area (Å²) in [5.74, 6) is -0.0763. The van der Waals surface area contributed by atoms with E-state index in [0.717, 1.165) is 20.6 Å². The van der Waals surface area contributed by atoms with Crippen molar-refractivity contribution in [1.82, 2.24) is 19.7 Å². The fraction of sp³-hybridized carbons (Fsp3) is 0.286. The first-order chi connectivity index (χ1) is 14.9. The predicted octanol–water partition coefficient (Wildman–Crippen LogP) is 5.45. The molecule has 3 heterocycles. The number of anilines is 1. The third kappa shape index (κ3) is 4.32. The van der Waals surface area contributed by atoms with Crippen LogP contribution >= 0.6 is 38.6 Å². The molecule has 3 aromatic heterocycles. The van der Waals surface area contributed by atoms with E-state index in [4.69, 9.17) is 0 Å². The lowest BCUT2D eigenvalue weighted by molar-refractivity contribution is -0.119. The van der Waals surface area contributed by atoms with Gasteiger partial charge in [0.2, 0.25) is 11.0 Å². The van der Waals surface area contributed by atoms with Gasteiger partial charge in [-0.3, -0.25) is 19.5 Å². The third-order valence-corrected chi connectivity index (χ3v) is 7.42. The van der Waals surface area contributed by atoms with Gasteiger partial charge in [-0.2, -0.15) is 0 Å². The van der Waals surface area contributed by atoms with E-state index in [9.17, 15) is 9.59 Å². The smallest absolute Gasteiger partial charge is 0.263 e. The minimum absolute atomic E-state index is 0.230. The Labute approximate surface area is 195 Å². The summed E-state index contributed by atoms with van der Waals surface area (Å²) in [6, 6.07) is 7.07. The zero-order chi connectivity index (χ0) is 22.1. The second-order valence-electron chi connectivity index (χ2n) is 7.31. The van der Waals surface area contributed by atoms with Gasteiger partial charge in [0.25, 0.3) is 5.56 Å². The molecule has 1 N–H and O–H groups in total. The van der Waals surface area contributed by atoms with Crippen molar-refractivity contribution in [3.05, 3.63) is 55.8 Å². The number of amides is 1. The molecular formula is C21H20BrN5O2S2. The van der Waals surface area contributed by atoms with Crippen LogP contribution in [0.15, 0.2) is 45.2 Å². The molecule has 160 valence electrons. The van der Waals surface area contributed by atoms with Crippen LogP contribution < -0.4 is 10.9 Å². The monoisotopic (exact) mass is 517 g/mol. The van der Waals surface area contributed by atoms with Crippen molar-refractivity contribution in [3.63, 3.8) is 0 Å². The minimum Gasteiger partial charge on any atom is -0.299 e. The Hall–Kier alpha value is -2.43. The Morgan fingerprint density at radius 1 is 1.23 bits per heavy atom. The lowest BCUT2D eigenvalue weighted by Crippen LogP contribution is -2.33. The summed E-state index contributed by atoms with van der Waals surface area (Å²) in [7, 11) is 0. The highest BCUT2D eigenvalue weighted by Crippen LogP contribution is 2.32. The van der Waals surface area contributed by atoms with Crippen molar-refractivity contribution in [2.75, 3.05) is 5.32 Å². The van der Waals surface area contributed by atoms with Crippen LogP contribution in [0.25, 0.3) is 21.3 Å². The Bertz CT molecular complexity index is 1290. The first-order valence-corrected chi connectivity index (χ1v) is 12.3. The van der Waals surface area contributed by atoms with Crippen LogP contribution in [-0.2, 0) is 4.79 Å². The van der Waals surface area contributed by atoms with Crippen LogP contribution in [0.3, 0.4) is 0 Å². The van der Waals surface area contributed by atoms with E-state index in [2.05, 4.69) is 36.4 Å². The van der Waals surface area contributed by atoms with Crippen molar-refractivity contribution >= 4 is 59.9 Å². The molecule has 31 heavy (non-hydrogen) atoms. The van der Waals surface area contributed by atoms with Gasteiger partial charge in [-0.15, -0.1) is 21.5 Å². The molecule has 4 aromatic rings. The molecule has 4 rings (SSSR count). The average Bonchev–Trinajstić information content (AvgIpc) is 3.38. The SMILES string of the molecule is CCC(C(=O)Nc1nnc(C(C)C)s1)n1cnc2scc(-c3ccc(Br)cc3)c2c1=O. The van der Waals surface area contributed by atoms with E-state index in [1.807, 2.05) is 50.4 Å². The van der Waals surface area contributed by atoms with Crippen molar-refractivity contribution < 1.29 is 4.79 Å². The highest BCUT2D eigenvalue weighted by atomic mass is 79.9. The molecule has 0 aliphatic heterocycles. The Morgan fingerprint density at radius 3 is 2.61 bits per heavy atom. The number of nitrogens with zero attached hydrogens (tertiary/aromatic N) is 4. The number of hydrogen-bond donors (Lipinski definition) is 1. The summed E-state index contributed by atoms with van der Waals surface area (Å²) in [4.78, 5) is 31.5. The number of nitrogens with one attached hydrogen (secondary N) is 1. The topological polar surface area (TPSA) is 89.8 Å². The van der Waals surface area contributed by atoms with Crippen LogP contribution in [-0.4, -0.2) is 25.7 Å². The van der Waals surface area contributed by atoms with E-state index >= 15 is 0 Å². The molecule has 1 unspecified atom stereocenters. The third-order valence-electron chi connectivity index (χ3n) is 4.86. The maximum atomic E-state index is 13.4. The highest BCUT2D eigenvalue weighted by molar-refractivity contribution is 9.10. The van der Waals surface area contributed by atoms with Crippen LogP contribution in [0, 0.1) is 0 Å². The Balaban J connectivity index is 1.70. The second kappa shape index (κ2) is 8.97. The fourth-order valence-electron chi connectivity index (χ4n) is 3.22. The largest absolute Gasteiger partial charge is 0.299 e. The number of rotatable bonds is 6. The molecule has 1 amide bonds. The van der Waals surface area contributed by atoms with Gasteiger partial charge in [-0.1, -0.05) is 60.2 Å². The molecule has 0 saturated heterocycles. The van der Waals surface area contributed by atoms with Crippen LogP contribution in [0.1, 0.15) is 44.2 Å². The number of aromatic nitrogens is 4. The molecule has 0 radical (unpaired) electrons. The molecular weight excluding hydrogens is 498 g/mol. The number of carbonyl (C=O) groups excluding carboxylic acids is 1. The van der Waals surface area contributed by atoms with E-state index in [0.29, 0.717) is 21.8 Å². The highest BCUT2D eigenvalue weighted by Gasteiger charge is 2.24. The van der Waals surface area contributed by atoms with E-state index < -0.39 is 6.04 Å². The van der Waals surface area contributed by atoms with Gasteiger partial charge in [-0.25, -0.2) is 4.98 Å². The van der Waals surface area contributed by atoms with Crippen molar-refractivity contribution in [1.29, 1.82) is 0 Å². The number of fused-ring (bicyclic) bond motifs is 1. The minimum atomic E-state index is -0.700. The van der Waals surface area contributed by atoms with E-state index in [-0.39, 0.29) is 17.4 Å². The Kier molecular flexibility index (Phi) is 6.31. The summed E-state index contributed by atoms with van der Waals surface area (Å²) in [6.45, 7) is 5.90. The van der Waals surface area contributed by atoms with Crippen LogP contribution in [0.2, 0.25) is 0 Å².